The number of ether oxygens (including phenoxy) is 1. The van der Waals surface area contributed by atoms with Gasteiger partial charge in [-0.3, -0.25) is 4.79 Å². The molecule has 0 unspecified atom stereocenters. The molecule has 0 saturated carbocycles. The molecule has 1 amide bonds. The van der Waals surface area contributed by atoms with Crippen LogP contribution in [-0.2, 0) is 22.5 Å². The molecule has 1 aromatic rings. The summed E-state index contributed by atoms with van der Waals surface area (Å²) in [6.07, 6.45) is 0.929. The fraction of sp³-hybridized carbons (Fsp3) is 0.500. The van der Waals surface area contributed by atoms with Crippen molar-refractivity contribution in [3.05, 3.63) is 33.8 Å². The van der Waals surface area contributed by atoms with Gasteiger partial charge in [-0.2, -0.15) is 0 Å². The molecule has 0 radical (unpaired) electrons. The number of hydrogen-bond acceptors (Lipinski definition) is 3. The van der Waals surface area contributed by atoms with Crippen molar-refractivity contribution in [2.24, 2.45) is 0 Å². The van der Waals surface area contributed by atoms with Gasteiger partial charge in [-0.1, -0.05) is 28.1 Å². The Morgan fingerprint density at radius 2 is 2.37 bits per heavy atom. The molecule has 1 N–H and O–H groups in total. The lowest BCUT2D eigenvalue weighted by Crippen LogP contribution is -2.41. The quantitative estimate of drug-likeness (QED) is 0.835. The Morgan fingerprint density at radius 3 is 3.16 bits per heavy atom. The molecule has 0 fully saturated rings. The largest absolute Gasteiger partial charge is 0.383 e. The first-order valence-electron chi connectivity index (χ1n) is 6.46. The summed E-state index contributed by atoms with van der Waals surface area (Å²) in [5, 5.41) is 3.09. The van der Waals surface area contributed by atoms with Crippen molar-refractivity contribution in [1.82, 2.24) is 10.2 Å². The third kappa shape index (κ3) is 3.78. The van der Waals surface area contributed by atoms with Crippen LogP contribution in [-0.4, -0.2) is 44.2 Å². The van der Waals surface area contributed by atoms with Crippen LogP contribution in [0.3, 0.4) is 0 Å². The van der Waals surface area contributed by atoms with Gasteiger partial charge in [0.25, 0.3) is 0 Å². The van der Waals surface area contributed by atoms with E-state index < -0.39 is 0 Å². The summed E-state index contributed by atoms with van der Waals surface area (Å²) < 4.78 is 6.03. The Morgan fingerprint density at radius 1 is 1.53 bits per heavy atom. The highest BCUT2D eigenvalue weighted by Crippen LogP contribution is 2.26. The molecule has 1 aromatic carbocycles. The van der Waals surface area contributed by atoms with Gasteiger partial charge in [-0.25, -0.2) is 0 Å². The maximum atomic E-state index is 12.1. The Balaban J connectivity index is 1.90. The SMILES string of the molecule is COCCNCC(=O)N1CCc2cccc(Br)c2C1. The Hall–Kier alpha value is -0.910. The van der Waals surface area contributed by atoms with Gasteiger partial charge in [-0.15, -0.1) is 0 Å². The number of hydrogen-bond donors (Lipinski definition) is 1. The first kappa shape index (κ1) is 14.5. The fourth-order valence-electron chi connectivity index (χ4n) is 2.23. The first-order chi connectivity index (χ1) is 9.22. The second kappa shape index (κ2) is 7.03. The van der Waals surface area contributed by atoms with E-state index in [1.54, 1.807) is 7.11 Å². The van der Waals surface area contributed by atoms with E-state index >= 15 is 0 Å². The second-order valence-corrected chi connectivity index (χ2v) is 5.47. The number of rotatable bonds is 5. The molecule has 19 heavy (non-hydrogen) atoms. The molecule has 0 spiro atoms. The lowest BCUT2D eigenvalue weighted by molar-refractivity contribution is -0.131. The molecule has 0 atom stereocenters. The lowest BCUT2D eigenvalue weighted by atomic mass is 10.00. The highest BCUT2D eigenvalue weighted by Gasteiger charge is 2.21. The molecule has 2 rings (SSSR count). The predicted molar refractivity (Wildman–Crippen MR) is 78.0 cm³/mol. The van der Waals surface area contributed by atoms with E-state index in [-0.39, 0.29) is 5.91 Å². The van der Waals surface area contributed by atoms with Crippen molar-refractivity contribution in [2.45, 2.75) is 13.0 Å². The van der Waals surface area contributed by atoms with Crippen LogP contribution in [0.1, 0.15) is 11.1 Å². The molecule has 0 aliphatic carbocycles. The Bertz CT molecular complexity index is 451. The average Bonchev–Trinajstić information content (AvgIpc) is 2.43. The van der Waals surface area contributed by atoms with Gasteiger partial charge < -0.3 is 15.0 Å². The minimum Gasteiger partial charge on any atom is -0.383 e. The molecule has 5 heteroatoms. The molecular weight excluding hydrogens is 308 g/mol. The molecule has 1 aliphatic rings. The minimum atomic E-state index is 0.150. The molecule has 1 aliphatic heterocycles. The van der Waals surface area contributed by atoms with Crippen LogP contribution < -0.4 is 5.32 Å². The van der Waals surface area contributed by atoms with E-state index in [1.807, 2.05) is 17.0 Å². The molecular formula is C14H19BrN2O2. The van der Waals surface area contributed by atoms with E-state index in [0.29, 0.717) is 26.2 Å². The highest BCUT2D eigenvalue weighted by atomic mass is 79.9. The number of carbonyl (C=O) groups excluding carboxylic acids is 1. The van der Waals surface area contributed by atoms with E-state index in [2.05, 4.69) is 27.3 Å². The van der Waals surface area contributed by atoms with Gasteiger partial charge in [0.2, 0.25) is 5.91 Å². The van der Waals surface area contributed by atoms with E-state index in [1.165, 1.54) is 11.1 Å². The Kier molecular flexibility index (Phi) is 5.36. The number of amides is 1. The van der Waals surface area contributed by atoms with Crippen molar-refractivity contribution >= 4 is 21.8 Å². The number of halogens is 1. The van der Waals surface area contributed by atoms with Crippen LogP contribution in [0.4, 0.5) is 0 Å². The van der Waals surface area contributed by atoms with Crippen LogP contribution in [0.15, 0.2) is 22.7 Å². The van der Waals surface area contributed by atoms with Gasteiger partial charge in [0.05, 0.1) is 13.2 Å². The summed E-state index contributed by atoms with van der Waals surface area (Å²) in [7, 11) is 1.66. The normalized spacial score (nSPS) is 14.3. The standard InChI is InChI=1S/C14H19BrN2O2/c1-19-8-6-16-9-14(18)17-7-5-11-3-2-4-13(15)12(11)10-17/h2-4,16H,5-10H2,1H3. The maximum Gasteiger partial charge on any atom is 0.236 e. The average molecular weight is 327 g/mol. The predicted octanol–water partition coefficient (Wildman–Crippen LogP) is 1.57. The number of methoxy groups -OCH3 is 1. The maximum absolute atomic E-state index is 12.1. The van der Waals surface area contributed by atoms with Gasteiger partial charge in [0.1, 0.15) is 0 Å². The van der Waals surface area contributed by atoms with Gasteiger partial charge in [-0.05, 0) is 23.6 Å². The van der Waals surface area contributed by atoms with Crippen molar-refractivity contribution in [3.63, 3.8) is 0 Å². The van der Waals surface area contributed by atoms with Gasteiger partial charge >= 0.3 is 0 Å². The summed E-state index contributed by atoms with van der Waals surface area (Å²) >= 11 is 3.56. The van der Waals surface area contributed by atoms with Crippen LogP contribution in [0, 0.1) is 0 Å². The molecule has 4 nitrogen and oxygen atoms in total. The number of fused-ring (bicyclic) bond motifs is 1. The van der Waals surface area contributed by atoms with E-state index in [9.17, 15) is 4.79 Å². The van der Waals surface area contributed by atoms with Crippen molar-refractivity contribution < 1.29 is 9.53 Å². The number of benzene rings is 1. The van der Waals surface area contributed by atoms with Crippen molar-refractivity contribution in [3.8, 4) is 0 Å². The molecule has 1 heterocycles. The molecule has 104 valence electrons. The number of nitrogens with one attached hydrogen (secondary N) is 1. The third-order valence-electron chi connectivity index (χ3n) is 3.33. The summed E-state index contributed by atoms with van der Waals surface area (Å²) in [4.78, 5) is 14.0. The zero-order valence-corrected chi connectivity index (χ0v) is 12.7. The smallest absolute Gasteiger partial charge is 0.236 e. The lowest BCUT2D eigenvalue weighted by Gasteiger charge is -2.29. The van der Waals surface area contributed by atoms with E-state index in [0.717, 1.165) is 17.4 Å². The van der Waals surface area contributed by atoms with Crippen LogP contribution in [0.2, 0.25) is 0 Å². The molecule has 0 bridgehead atoms. The van der Waals surface area contributed by atoms with Crippen molar-refractivity contribution in [1.29, 1.82) is 0 Å². The fourth-order valence-corrected chi connectivity index (χ4v) is 2.77. The third-order valence-corrected chi connectivity index (χ3v) is 4.07. The summed E-state index contributed by atoms with van der Waals surface area (Å²) in [5.41, 5.74) is 2.57. The minimum absolute atomic E-state index is 0.150. The van der Waals surface area contributed by atoms with Gasteiger partial charge in [0, 0.05) is 31.2 Å². The first-order valence-corrected chi connectivity index (χ1v) is 7.25. The summed E-state index contributed by atoms with van der Waals surface area (Å²) in [5.74, 6) is 0.150. The Labute approximate surface area is 122 Å². The highest BCUT2D eigenvalue weighted by molar-refractivity contribution is 9.10. The molecule has 0 aromatic heterocycles. The van der Waals surface area contributed by atoms with E-state index in [4.69, 9.17) is 4.74 Å². The summed E-state index contributed by atoms with van der Waals surface area (Å²) in [6.45, 7) is 3.21. The molecule has 0 saturated heterocycles. The number of nitrogens with zero attached hydrogens (tertiary/aromatic N) is 1. The van der Waals surface area contributed by atoms with Crippen LogP contribution in [0.5, 0.6) is 0 Å². The number of carbonyl (C=O) groups is 1. The summed E-state index contributed by atoms with van der Waals surface area (Å²) in [6, 6.07) is 6.22. The van der Waals surface area contributed by atoms with Gasteiger partial charge in [0.15, 0.2) is 0 Å². The van der Waals surface area contributed by atoms with Crippen LogP contribution >= 0.6 is 15.9 Å². The zero-order valence-electron chi connectivity index (χ0n) is 11.1. The topological polar surface area (TPSA) is 41.6 Å². The monoisotopic (exact) mass is 326 g/mol. The second-order valence-electron chi connectivity index (χ2n) is 4.61. The van der Waals surface area contributed by atoms with Crippen molar-refractivity contribution in [2.75, 3.05) is 33.4 Å². The zero-order chi connectivity index (χ0) is 13.7. The van der Waals surface area contributed by atoms with Crippen LogP contribution in [0.25, 0.3) is 0 Å².